The molecule has 1 atom stereocenters. The van der Waals surface area contributed by atoms with Crippen LogP contribution in [0.1, 0.15) is 36.5 Å². The van der Waals surface area contributed by atoms with Gasteiger partial charge < -0.3 is 9.15 Å². The normalized spacial score (nSPS) is 16.1. The molecule has 4 nitrogen and oxygen atoms in total. The molecular formula is C22H23ClNO3+. The zero-order valence-corrected chi connectivity index (χ0v) is 16.1. The molecule has 0 radical (unpaired) electrons. The number of ether oxygens (including phenoxy) is 1. The van der Waals surface area contributed by atoms with E-state index in [0.717, 1.165) is 65.2 Å². The number of unbranched alkanes of at least 4 members (excludes halogenated alkanes) is 1. The lowest BCUT2D eigenvalue weighted by Gasteiger charge is -2.26. The Hall–Kier alpha value is -2.30. The van der Waals surface area contributed by atoms with Crippen molar-refractivity contribution in [1.82, 2.24) is 0 Å². The maximum atomic E-state index is 12.1. The topological polar surface area (TPSA) is 43.9 Å². The summed E-state index contributed by atoms with van der Waals surface area (Å²) in [5, 5.41) is 1.76. The largest absolute Gasteiger partial charge is 0.445 e. The molecule has 1 unspecified atom stereocenters. The van der Waals surface area contributed by atoms with Gasteiger partial charge in [-0.25, -0.2) is 4.79 Å². The van der Waals surface area contributed by atoms with E-state index >= 15 is 0 Å². The van der Waals surface area contributed by atoms with Crippen LogP contribution < -0.4 is 15.3 Å². The Bertz CT molecular complexity index is 1030. The predicted octanol–water partition coefficient (Wildman–Crippen LogP) is 3.72. The Kier molecular flexibility index (Phi) is 5.19. The van der Waals surface area contributed by atoms with Crippen LogP contribution in [-0.2, 0) is 19.5 Å². The first kappa shape index (κ1) is 18.1. The fraction of sp³-hybridized carbons (Fsp3) is 0.318. The van der Waals surface area contributed by atoms with Gasteiger partial charge in [-0.1, -0.05) is 37.1 Å². The van der Waals surface area contributed by atoms with Crippen LogP contribution in [-0.4, -0.2) is 6.73 Å². The molecule has 2 heterocycles. The average Bonchev–Trinajstić information content (AvgIpc) is 2.66. The fourth-order valence-corrected chi connectivity index (χ4v) is 3.95. The number of hydrogen-bond donors (Lipinski definition) is 1. The number of nitrogens with one attached hydrogen (secondary N) is 1. The van der Waals surface area contributed by atoms with E-state index in [2.05, 4.69) is 13.0 Å². The van der Waals surface area contributed by atoms with Crippen LogP contribution in [0, 0.1) is 0 Å². The molecule has 5 heteroatoms. The molecule has 2 aromatic carbocycles. The molecule has 1 aromatic heterocycles. The number of aryl methyl sites for hydroxylation is 1. The van der Waals surface area contributed by atoms with Crippen LogP contribution in [0.25, 0.3) is 11.0 Å². The highest BCUT2D eigenvalue weighted by Gasteiger charge is 2.25. The molecule has 27 heavy (non-hydrogen) atoms. The summed E-state index contributed by atoms with van der Waals surface area (Å²) in [6.07, 6.45) is 3.03. The van der Waals surface area contributed by atoms with Gasteiger partial charge in [-0.05, 0) is 42.7 Å². The maximum absolute atomic E-state index is 12.1. The summed E-state index contributed by atoms with van der Waals surface area (Å²) in [5.41, 5.74) is 3.59. The number of hydrogen-bond acceptors (Lipinski definition) is 3. The molecule has 0 saturated heterocycles. The minimum Gasteiger partial charge on any atom is -0.445 e. The summed E-state index contributed by atoms with van der Waals surface area (Å²) in [5.74, 6) is 0.813. The molecule has 0 bridgehead atoms. The summed E-state index contributed by atoms with van der Waals surface area (Å²) in [4.78, 5) is 13.4. The Labute approximate surface area is 163 Å². The summed E-state index contributed by atoms with van der Waals surface area (Å²) in [7, 11) is 0. The van der Waals surface area contributed by atoms with Crippen LogP contribution in [0.2, 0.25) is 5.02 Å². The van der Waals surface area contributed by atoms with Crippen molar-refractivity contribution in [3.8, 4) is 5.75 Å². The van der Waals surface area contributed by atoms with E-state index in [4.69, 9.17) is 20.8 Å². The van der Waals surface area contributed by atoms with Crippen molar-refractivity contribution in [2.45, 2.75) is 39.3 Å². The van der Waals surface area contributed by atoms with Gasteiger partial charge in [0.1, 0.15) is 18.8 Å². The lowest BCUT2D eigenvalue weighted by Crippen LogP contribution is -3.10. The molecule has 1 N–H and O–H groups in total. The number of benzene rings is 2. The Morgan fingerprint density at radius 1 is 1.19 bits per heavy atom. The first-order chi connectivity index (χ1) is 13.1. The van der Waals surface area contributed by atoms with Crippen molar-refractivity contribution in [3.63, 3.8) is 0 Å². The summed E-state index contributed by atoms with van der Waals surface area (Å²) >= 11 is 6.11. The van der Waals surface area contributed by atoms with E-state index < -0.39 is 0 Å². The van der Waals surface area contributed by atoms with Crippen molar-refractivity contribution in [1.29, 1.82) is 0 Å². The van der Waals surface area contributed by atoms with E-state index in [9.17, 15) is 4.79 Å². The summed E-state index contributed by atoms with van der Waals surface area (Å²) in [6.45, 7) is 4.28. The zero-order valence-electron chi connectivity index (χ0n) is 15.4. The van der Waals surface area contributed by atoms with E-state index in [1.807, 2.05) is 30.3 Å². The van der Waals surface area contributed by atoms with Crippen LogP contribution in [0.3, 0.4) is 0 Å². The Balaban J connectivity index is 1.68. The fourth-order valence-electron chi connectivity index (χ4n) is 3.74. The average molecular weight is 385 g/mol. The smallest absolute Gasteiger partial charge is 0.336 e. The number of halogens is 1. The second-order valence-electron chi connectivity index (χ2n) is 7.14. The van der Waals surface area contributed by atoms with E-state index in [1.54, 1.807) is 6.07 Å². The third kappa shape index (κ3) is 3.87. The highest BCUT2D eigenvalue weighted by molar-refractivity contribution is 6.30. The number of fused-ring (bicyclic) bond motifs is 3. The van der Waals surface area contributed by atoms with Gasteiger partial charge in [-0.15, -0.1) is 0 Å². The molecule has 0 aliphatic carbocycles. The van der Waals surface area contributed by atoms with Crippen molar-refractivity contribution in [3.05, 3.63) is 74.6 Å². The highest BCUT2D eigenvalue weighted by Crippen LogP contribution is 2.30. The molecule has 0 amide bonds. The molecule has 0 spiro atoms. The Morgan fingerprint density at radius 2 is 2.07 bits per heavy atom. The predicted molar refractivity (Wildman–Crippen MR) is 106 cm³/mol. The lowest BCUT2D eigenvalue weighted by atomic mass is 10.0. The van der Waals surface area contributed by atoms with Gasteiger partial charge in [0.2, 0.25) is 6.73 Å². The van der Waals surface area contributed by atoms with Gasteiger partial charge in [0.25, 0.3) is 0 Å². The highest BCUT2D eigenvalue weighted by atomic mass is 35.5. The minimum absolute atomic E-state index is 0.288. The second kappa shape index (κ2) is 7.75. The lowest BCUT2D eigenvalue weighted by molar-refractivity contribution is -0.945. The van der Waals surface area contributed by atoms with Crippen LogP contribution in [0.5, 0.6) is 5.75 Å². The first-order valence-electron chi connectivity index (χ1n) is 9.43. The van der Waals surface area contributed by atoms with Gasteiger partial charge in [-0.3, -0.25) is 4.90 Å². The molecule has 4 rings (SSSR count). The van der Waals surface area contributed by atoms with Crippen molar-refractivity contribution in [2.24, 2.45) is 0 Å². The quantitative estimate of drug-likeness (QED) is 0.682. The van der Waals surface area contributed by atoms with E-state index in [-0.39, 0.29) is 5.63 Å². The van der Waals surface area contributed by atoms with Gasteiger partial charge in [0.15, 0.2) is 5.58 Å². The summed E-state index contributed by atoms with van der Waals surface area (Å²) in [6, 6.07) is 13.5. The molecule has 0 saturated carbocycles. The van der Waals surface area contributed by atoms with Crippen LogP contribution >= 0.6 is 11.6 Å². The van der Waals surface area contributed by atoms with Gasteiger partial charge in [-0.2, -0.15) is 0 Å². The molecule has 1 aliphatic heterocycles. The maximum Gasteiger partial charge on any atom is 0.336 e. The first-order valence-corrected chi connectivity index (χ1v) is 9.81. The van der Waals surface area contributed by atoms with Crippen molar-refractivity contribution >= 4 is 22.6 Å². The third-order valence-electron chi connectivity index (χ3n) is 5.06. The van der Waals surface area contributed by atoms with Gasteiger partial charge in [0, 0.05) is 22.0 Å². The second-order valence-corrected chi connectivity index (χ2v) is 7.57. The zero-order chi connectivity index (χ0) is 18.8. The number of quaternary nitrogens is 1. The monoisotopic (exact) mass is 384 g/mol. The van der Waals surface area contributed by atoms with E-state index in [0.29, 0.717) is 12.3 Å². The minimum atomic E-state index is -0.288. The summed E-state index contributed by atoms with van der Waals surface area (Å²) < 4.78 is 11.6. The van der Waals surface area contributed by atoms with Crippen LogP contribution in [0.15, 0.2) is 51.7 Å². The molecular weight excluding hydrogens is 362 g/mol. The number of rotatable bonds is 5. The Morgan fingerprint density at radius 3 is 2.89 bits per heavy atom. The molecule has 3 aromatic rings. The molecule has 0 fully saturated rings. The van der Waals surface area contributed by atoms with Crippen molar-refractivity contribution in [2.75, 3.05) is 6.73 Å². The molecule has 1 aliphatic rings. The standard InChI is InChI=1S/C22H22ClNO3/c1-2-3-6-16-11-21(25)27-22-18(16)8-9-20-19(22)13-24(14-26-20)12-15-5-4-7-17(23)10-15/h4-5,7-11H,2-3,6,12-14H2,1H3/p+1. The third-order valence-corrected chi connectivity index (χ3v) is 5.29. The van der Waals surface area contributed by atoms with Crippen molar-refractivity contribution < 1.29 is 14.1 Å². The SMILES string of the molecule is CCCCc1cc(=O)oc2c3c(ccc12)OC[NH+](Cc1cccc(Cl)c1)C3. The van der Waals surface area contributed by atoms with E-state index in [1.165, 1.54) is 4.90 Å². The van der Waals surface area contributed by atoms with Gasteiger partial charge in [0.05, 0.1) is 5.56 Å². The van der Waals surface area contributed by atoms with Gasteiger partial charge >= 0.3 is 5.63 Å². The van der Waals surface area contributed by atoms with Crippen LogP contribution in [0.4, 0.5) is 0 Å². The molecule has 140 valence electrons.